The summed E-state index contributed by atoms with van der Waals surface area (Å²) in [6, 6.07) is 13.7. The van der Waals surface area contributed by atoms with Crippen molar-refractivity contribution in [1.82, 2.24) is 4.90 Å². The zero-order valence-corrected chi connectivity index (χ0v) is 15.8. The van der Waals surface area contributed by atoms with Gasteiger partial charge < -0.3 is 9.80 Å². The van der Waals surface area contributed by atoms with Gasteiger partial charge in [-0.25, -0.2) is 0 Å². The molecule has 0 aromatic heterocycles. The van der Waals surface area contributed by atoms with Crippen LogP contribution in [-0.2, 0) is 5.41 Å². The van der Waals surface area contributed by atoms with Crippen molar-refractivity contribution in [3.8, 4) is 0 Å². The van der Waals surface area contributed by atoms with Gasteiger partial charge in [-0.2, -0.15) is 0 Å². The second kappa shape index (κ2) is 4.49. The Bertz CT molecular complexity index is 904. The van der Waals surface area contributed by atoms with E-state index < -0.39 is 0 Å². The molecule has 2 aliphatic heterocycles. The molecule has 5 rings (SSSR count). The summed E-state index contributed by atoms with van der Waals surface area (Å²) in [5.41, 5.74) is 8.91. The van der Waals surface area contributed by atoms with Crippen molar-refractivity contribution in [1.29, 1.82) is 0 Å². The van der Waals surface area contributed by atoms with Crippen molar-refractivity contribution < 1.29 is 0 Å². The van der Waals surface area contributed by atoms with Crippen LogP contribution >= 0.6 is 0 Å². The number of hydrogen-bond acceptors (Lipinski definition) is 2. The molecule has 3 atom stereocenters. The fraction of sp³-hybridized carbons (Fsp3) is 0.391. The summed E-state index contributed by atoms with van der Waals surface area (Å²) in [6.45, 7) is 11.5. The lowest BCUT2D eigenvalue weighted by Crippen LogP contribution is -2.46. The monoisotopic (exact) mass is 330 g/mol. The lowest BCUT2D eigenvalue weighted by molar-refractivity contribution is 0.180. The molecule has 0 bridgehead atoms. The highest BCUT2D eigenvalue weighted by atomic mass is 15.4. The molecule has 3 aliphatic rings. The van der Waals surface area contributed by atoms with Gasteiger partial charge in [0.25, 0.3) is 0 Å². The topological polar surface area (TPSA) is 6.48 Å². The molecule has 128 valence electrons. The van der Waals surface area contributed by atoms with Crippen molar-refractivity contribution in [2.75, 3.05) is 4.90 Å². The quantitative estimate of drug-likeness (QED) is 0.696. The zero-order valence-electron chi connectivity index (χ0n) is 15.8. The molecule has 2 aromatic rings. The van der Waals surface area contributed by atoms with Crippen LogP contribution in [0.15, 0.2) is 48.8 Å². The Morgan fingerprint density at radius 3 is 2.36 bits per heavy atom. The fourth-order valence-electron chi connectivity index (χ4n) is 5.58. The summed E-state index contributed by atoms with van der Waals surface area (Å²) >= 11 is 0. The Hall–Kier alpha value is -2.22. The third kappa shape index (κ3) is 1.70. The number of nitrogens with zero attached hydrogens (tertiary/aromatic N) is 2. The molecule has 2 heteroatoms. The lowest BCUT2D eigenvalue weighted by atomic mass is 9.83. The lowest BCUT2D eigenvalue weighted by Gasteiger charge is -2.45. The molecule has 0 spiro atoms. The van der Waals surface area contributed by atoms with Crippen LogP contribution in [0.25, 0.3) is 0 Å². The first-order valence-electron chi connectivity index (χ1n) is 9.29. The Morgan fingerprint density at radius 2 is 1.64 bits per heavy atom. The van der Waals surface area contributed by atoms with Crippen LogP contribution in [0.5, 0.6) is 0 Å². The predicted octanol–water partition coefficient (Wildman–Crippen LogP) is 5.34. The van der Waals surface area contributed by atoms with Gasteiger partial charge in [-0.05, 0) is 56.4 Å². The number of benzene rings is 2. The highest BCUT2D eigenvalue weighted by Crippen LogP contribution is 2.68. The van der Waals surface area contributed by atoms with Gasteiger partial charge in [0.1, 0.15) is 6.17 Å². The molecular weight excluding hydrogens is 304 g/mol. The molecule has 25 heavy (non-hydrogen) atoms. The summed E-state index contributed by atoms with van der Waals surface area (Å²) < 4.78 is 0. The summed E-state index contributed by atoms with van der Waals surface area (Å²) in [7, 11) is 0. The van der Waals surface area contributed by atoms with E-state index in [0.29, 0.717) is 0 Å². The van der Waals surface area contributed by atoms with E-state index in [2.05, 4.69) is 93.2 Å². The van der Waals surface area contributed by atoms with Crippen LogP contribution in [0.1, 0.15) is 54.3 Å². The normalized spacial score (nSPS) is 31.6. The molecule has 0 N–H and O–H groups in total. The smallest absolute Gasteiger partial charge is 0.132 e. The minimum absolute atomic E-state index is 0.226. The number of anilines is 1. The van der Waals surface area contributed by atoms with Gasteiger partial charge in [0, 0.05) is 29.0 Å². The molecule has 0 amide bonds. The second-order valence-corrected chi connectivity index (χ2v) is 8.60. The maximum atomic E-state index is 2.61. The largest absolute Gasteiger partial charge is 0.346 e. The molecular formula is C23H26N2. The third-order valence-electron chi connectivity index (χ3n) is 6.97. The van der Waals surface area contributed by atoms with Crippen molar-refractivity contribution in [3.63, 3.8) is 0 Å². The van der Waals surface area contributed by atoms with E-state index in [9.17, 15) is 0 Å². The van der Waals surface area contributed by atoms with Gasteiger partial charge in [-0.3, -0.25) is 0 Å². The van der Waals surface area contributed by atoms with E-state index in [-0.39, 0.29) is 17.1 Å². The first kappa shape index (κ1) is 15.1. The third-order valence-corrected chi connectivity index (χ3v) is 6.97. The van der Waals surface area contributed by atoms with E-state index in [1.54, 1.807) is 0 Å². The van der Waals surface area contributed by atoms with Crippen molar-refractivity contribution in [2.45, 2.75) is 58.2 Å². The van der Waals surface area contributed by atoms with Crippen molar-refractivity contribution in [2.24, 2.45) is 0 Å². The molecule has 1 aliphatic carbocycles. The number of rotatable bonds is 1. The predicted molar refractivity (Wildman–Crippen MR) is 104 cm³/mol. The highest BCUT2D eigenvalue weighted by molar-refractivity contribution is 5.66. The van der Waals surface area contributed by atoms with Gasteiger partial charge >= 0.3 is 0 Å². The summed E-state index contributed by atoms with van der Waals surface area (Å²) in [4.78, 5) is 5.10. The number of hydrogen-bond donors (Lipinski definition) is 0. The van der Waals surface area contributed by atoms with Crippen LogP contribution in [0, 0.1) is 20.8 Å². The van der Waals surface area contributed by atoms with Gasteiger partial charge in [0.05, 0.1) is 0 Å². The Morgan fingerprint density at radius 1 is 0.960 bits per heavy atom. The zero-order chi connectivity index (χ0) is 17.6. The molecule has 1 fully saturated rings. The number of aryl methyl sites for hydroxylation is 3. The maximum Gasteiger partial charge on any atom is 0.132 e. The highest BCUT2D eigenvalue weighted by Gasteiger charge is 2.70. The van der Waals surface area contributed by atoms with Gasteiger partial charge in [-0.1, -0.05) is 48.9 Å². The minimum atomic E-state index is 0.226. The standard InChI is InChI=1S/C23H26N2/c1-15-12-16(2)20(17(3)13-15)24-10-11-25-21(24)18-8-6-7-9-19(18)22(4)14-23(22,25)5/h6-13,21H,14H2,1-5H3/t21?,22?,23-/m1/s1. The number of fused-ring (bicyclic) bond motifs is 6. The van der Waals surface area contributed by atoms with Gasteiger partial charge in [-0.15, -0.1) is 0 Å². The molecule has 2 unspecified atom stereocenters. The van der Waals surface area contributed by atoms with Crippen LogP contribution in [0.2, 0.25) is 0 Å². The van der Waals surface area contributed by atoms with E-state index in [1.807, 2.05) is 0 Å². The van der Waals surface area contributed by atoms with E-state index in [0.717, 1.165) is 0 Å². The van der Waals surface area contributed by atoms with Gasteiger partial charge in [0.15, 0.2) is 0 Å². The minimum Gasteiger partial charge on any atom is -0.346 e. The van der Waals surface area contributed by atoms with Crippen molar-refractivity contribution in [3.05, 3.63) is 76.6 Å². The average molecular weight is 330 g/mol. The molecule has 2 heterocycles. The van der Waals surface area contributed by atoms with Crippen LogP contribution in [0.4, 0.5) is 5.69 Å². The molecule has 2 nitrogen and oxygen atoms in total. The van der Waals surface area contributed by atoms with Crippen molar-refractivity contribution >= 4 is 5.69 Å². The molecule has 0 saturated heterocycles. The van der Waals surface area contributed by atoms with E-state index in [4.69, 9.17) is 0 Å². The summed E-state index contributed by atoms with van der Waals surface area (Å²) in [5.74, 6) is 0. The van der Waals surface area contributed by atoms with E-state index in [1.165, 1.54) is 39.9 Å². The Balaban J connectivity index is 1.71. The molecule has 2 aromatic carbocycles. The first-order valence-corrected chi connectivity index (χ1v) is 9.29. The summed E-state index contributed by atoms with van der Waals surface area (Å²) in [6.07, 6.45) is 6.13. The SMILES string of the molecule is Cc1cc(C)c(N2C=CN3C2c2ccccc2C2(C)C[C@@]32C)c(C)c1. The van der Waals surface area contributed by atoms with Gasteiger partial charge in [0.2, 0.25) is 0 Å². The van der Waals surface area contributed by atoms with Crippen LogP contribution < -0.4 is 4.90 Å². The average Bonchev–Trinajstić information content (AvgIpc) is 2.92. The maximum absolute atomic E-state index is 2.61. The molecule has 1 saturated carbocycles. The van der Waals surface area contributed by atoms with Crippen LogP contribution in [-0.4, -0.2) is 10.4 Å². The Labute approximate surface area is 150 Å². The summed E-state index contributed by atoms with van der Waals surface area (Å²) in [5, 5.41) is 0. The Kier molecular flexibility index (Phi) is 2.70. The fourth-order valence-corrected chi connectivity index (χ4v) is 5.58. The van der Waals surface area contributed by atoms with E-state index >= 15 is 0 Å². The first-order chi connectivity index (χ1) is 11.9. The second-order valence-electron chi connectivity index (χ2n) is 8.60. The molecule has 0 radical (unpaired) electrons. The van der Waals surface area contributed by atoms with Crippen LogP contribution in [0.3, 0.4) is 0 Å².